The maximum atomic E-state index is 13.6. The molecule has 0 spiro atoms. The van der Waals surface area contributed by atoms with Crippen LogP contribution in [0.3, 0.4) is 0 Å². The van der Waals surface area contributed by atoms with Gasteiger partial charge in [-0.15, -0.1) is 0 Å². The number of aryl methyl sites for hydroxylation is 1. The van der Waals surface area contributed by atoms with E-state index in [4.69, 9.17) is 0 Å². The van der Waals surface area contributed by atoms with Gasteiger partial charge in [0.25, 0.3) is 5.91 Å². The fraction of sp³-hybridized carbons (Fsp3) is 0.273. The number of hydrogen-bond donors (Lipinski definition) is 2. The van der Waals surface area contributed by atoms with Crippen molar-refractivity contribution in [1.82, 2.24) is 19.9 Å². The van der Waals surface area contributed by atoms with E-state index in [1.54, 1.807) is 44.6 Å². The number of anilines is 6. The fourth-order valence-corrected chi connectivity index (χ4v) is 5.60. The Morgan fingerprint density at radius 1 is 0.917 bits per heavy atom. The Hall–Kier alpha value is -5.73. The van der Waals surface area contributed by atoms with Gasteiger partial charge in [-0.25, -0.2) is 14.8 Å². The average Bonchev–Trinajstić information content (AvgIpc) is 3.07. The number of halogens is 3. The number of benzene rings is 2. The topological polar surface area (TPSA) is 127 Å². The number of rotatable bonds is 6. The van der Waals surface area contributed by atoms with Crippen molar-refractivity contribution in [2.45, 2.75) is 26.6 Å². The highest BCUT2D eigenvalue weighted by atomic mass is 19.4. The van der Waals surface area contributed by atoms with E-state index in [0.29, 0.717) is 54.6 Å². The molecule has 2 N–H and O–H groups in total. The molecule has 15 heteroatoms. The number of amides is 4. The van der Waals surface area contributed by atoms with Crippen LogP contribution >= 0.6 is 0 Å². The monoisotopic (exact) mass is 659 g/mol. The summed E-state index contributed by atoms with van der Waals surface area (Å²) in [5.74, 6) is 0.858. The standard InChI is InChI=1S/C33H32F3N9O3/c1-20-7-8-25(39-30(47)22-5-4-6-24(15-22)33(34,35)36)16-27(20)45-19-23-17-38-31(41-29(23)42(3)32(45)48)40-26-9-10-28(37-18-26)44-13-11-43(12-14-44)21(2)46/h4-10,15-18H,11-14,19H2,1-3H3,(H,39,47)(H,38,40,41). The second-order valence-electron chi connectivity index (χ2n) is 11.5. The molecule has 6 rings (SSSR count). The number of pyridine rings is 1. The number of fused-ring (bicyclic) bond motifs is 1. The molecule has 0 unspecified atom stereocenters. The van der Waals surface area contributed by atoms with Crippen LogP contribution in [-0.2, 0) is 17.5 Å². The summed E-state index contributed by atoms with van der Waals surface area (Å²) in [5.41, 5.74) is 1.84. The van der Waals surface area contributed by atoms with Crippen LogP contribution in [0.25, 0.3) is 0 Å². The zero-order chi connectivity index (χ0) is 34.2. The van der Waals surface area contributed by atoms with Crippen LogP contribution < -0.4 is 25.3 Å². The number of nitrogens with one attached hydrogen (secondary N) is 2. The summed E-state index contributed by atoms with van der Waals surface area (Å²) in [4.78, 5) is 58.5. The van der Waals surface area contributed by atoms with Crippen LogP contribution in [0.15, 0.2) is 67.0 Å². The second kappa shape index (κ2) is 12.8. The van der Waals surface area contributed by atoms with Crippen molar-refractivity contribution in [3.05, 3.63) is 89.2 Å². The van der Waals surface area contributed by atoms with Gasteiger partial charge in [0.15, 0.2) is 0 Å². The van der Waals surface area contributed by atoms with Crippen LogP contribution in [-0.4, -0.2) is 70.9 Å². The van der Waals surface area contributed by atoms with Crippen LogP contribution in [0.5, 0.6) is 0 Å². The van der Waals surface area contributed by atoms with Crippen LogP contribution in [0, 0.1) is 6.92 Å². The lowest BCUT2D eigenvalue weighted by atomic mass is 10.1. The molecular weight excluding hydrogens is 627 g/mol. The van der Waals surface area contributed by atoms with E-state index in [1.807, 2.05) is 24.0 Å². The van der Waals surface area contributed by atoms with E-state index in [1.165, 1.54) is 21.9 Å². The molecule has 4 amide bonds. The Balaban J connectivity index is 1.14. The van der Waals surface area contributed by atoms with Crippen molar-refractivity contribution in [3.8, 4) is 0 Å². The molecule has 0 bridgehead atoms. The lowest BCUT2D eigenvalue weighted by Gasteiger charge is -2.35. The van der Waals surface area contributed by atoms with Gasteiger partial charge in [0, 0.05) is 63.2 Å². The molecule has 0 atom stereocenters. The minimum Gasteiger partial charge on any atom is -0.353 e. The second-order valence-corrected chi connectivity index (χ2v) is 11.5. The summed E-state index contributed by atoms with van der Waals surface area (Å²) in [7, 11) is 1.60. The normalized spacial score (nSPS) is 14.9. The minimum atomic E-state index is -4.58. The Bertz CT molecular complexity index is 1880. The van der Waals surface area contributed by atoms with E-state index < -0.39 is 17.6 Å². The molecule has 1 fully saturated rings. The number of carbonyl (C=O) groups is 3. The van der Waals surface area contributed by atoms with E-state index in [-0.39, 0.29) is 30.0 Å². The van der Waals surface area contributed by atoms with Gasteiger partial charge in [0.1, 0.15) is 11.6 Å². The van der Waals surface area contributed by atoms with Gasteiger partial charge >= 0.3 is 12.2 Å². The Kier molecular flexibility index (Phi) is 8.60. The Morgan fingerprint density at radius 2 is 1.67 bits per heavy atom. The molecule has 48 heavy (non-hydrogen) atoms. The summed E-state index contributed by atoms with van der Waals surface area (Å²) in [5, 5.41) is 5.77. The predicted molar refractivity (Wildman–Crippen MR) is 175 cm³/mol. The van der Waals surface area contributed by atoms with Crippen molar-refractivity contribution in [2.24, 2.45) is 0 Å². The number of piperazine rings is 1. The summed E-state index contributed by atoms with van der Waals surface area (Å²) >= 11 is 0. The molecule has 2 aliphatic heterocycles. The first-order chi connectivity index (χ1) is 22.9. The molecule has 2 aromatic heterocycles. The minimum absolute atomic E-state index is 0.0667. The number of hydrogen-bond acceptors (Lipinski definition) is 8. The molecule has 1 saturated heterocycles. The van der Waals surface area contributed by atoms with Crippen molar-refractivity contribution in [1.29, 1.82) is 0 Å². The summed E-state index contributed by atoms with van der Waals surface area (Å²) in [6.07, 6.45) is -1.28. The van der Waals surface area contributed by atoms with Gasteiger partial charge in [0.2, 0.25) is 11.9 Å². The summed E-state index contributed by atoms with van der Waals surface area (Å²) in [6.45, 7) is 6.22. The average molecular weight is 660 g/mol. The molecule has 0 aliphatic carbocycles. The summed E-state index contributed by atoms with van der Waals surface area (Å²) < 4.78 is 39.5. The smallest absolute Gasteiger partial charge is 0.353 e. The van der Waals surface area contributed by atoms with Crippen molar-refractivity contribution < 1.29 is 27.6 Å². The first-order valence-electron chi connectivity index (χ1n) is 15.1. The van der Waals surface area contributed by atoms with Gasteiger partial charge in [-0.2, -0.15) is 18.2 Å². The number of urea groups is 1. The fourth-order valence-electron chi connectivity index (χ4n) is 5.60. The third-order valence-electron chi connectivity index (χ3n) is 8.27. The maximum absolute atomic E-state index is 13.6. The highest BCUT2D eigenvalue weighted by Gasteiger charge is 2.33. The molecule has 2 aromatic carbocycles. The first kappa shape index (κ1) is 32.2. The van der Waals surface area contributed by atoms with E-state index in [9.17, 15) is 27.6 Å². The van der Waals surface area contributed by atoms with Gasteiger partial charge in [0.05, 0.1) is 29.7 Å². The molecule has 248 valence electrons. The number of aromatic nitrogens is 3. The summed E-state index contributed by atoms with van der Waals surface area (Å²) in [6, 6.07) is 12.5. The quantitative estimate of drug-likeness (QED) is 0.280. The highest BCUT2D eigenvalue weighted by molar-refractivity contribution is 6.07. The Morgan fingerprint density at radius 3 is 2.35 bits per heavy atom. The van der Waals surface area contributed by atoms with Gasteiger partial charge in [-0.3, -0.25) is 19.4 Å². The zero-order valence-electron chi connectivity index (χ0n) is 26.4. The largest absolute Gasteiger partial charge is 0.416 e. The van der Waals surface area contributed by atoms with Crippen molar-refractivity contribution >= 4 is 52.5 Å². The van der Waals surface area contributed by atoms with Crippen molar-refractivity contribution in [3.63, 3.8) is 0 Å². The number of alkyl halides is 3. The molecular formula is C33H32F3N9O3. The van der Waals surface area contributed by atoms with Gasteiger partial charge in [-0.1, -0.05) is 12.1 Å². The molecule has 4 heterocycles. The lowest BCUT2D eigenvalue weighted by molar-refractivity contribution is -0.137. The van der Waals surface area contributed by atoms with Gasteiger partial charge in [-0.05, 0) is 55.0 Å². The van der Waals surface area contributed by atoms with Gasteiger partial charge < -0.3 is 20.4 Å². The molecule has 12 nitrogen and oxygen atoms in total. The third kappa shape index (κ3) is 6.70. The van der Waals surface area contributed by atoms with Crippen molar-refractivity contribution in [2.75, 3.05) is 58.6 Å². The highest BCUT2D eigenvalue weighted by Crippen LogP contribution is 2.34. The van der Waals surface area contributed by atoms with Crippen LogP contribution in [0.1, 0.15) is 34.0 Å². The van der Waals surface area contributed by atoms with Crippen LogP contribution in [0.2, 0.25) is 0 Å². The number of carbonyl (C=O) groups excluding carboxylic acids is 3. The molecule has 0 radical (unpaired) electrons. The SMILES string of the molecule is CC(=O)N1CCN(c2ccc(Nc3ncc4c(n3)N(C)C(=O)N(c3cc(NC(=O)c5cccc(C(F)(F)F)c5)ccc3C)C4)cn2)CC1. The molecule has 0 saturated carbocycles. The molecule has 4 aromatic rings. The Labute approximate surface area is 274 Å². The van der Waals surface area contributed by atoms with E-state index in [0.717, 1.165) is 23.5 Å². The van der Waals surface area contributed by atoms with Crippen LogP contribution in [0.4, 0.5) is 52.6 Å². The third-order valence-corrected chi connectivity index (χ3v) is 8.27. The zero-order valence-corrected chi connectivity index (χ0v) is 26.4. The predicted octanol–water partition coefficient (Wildman–Crippen LogP) is 5.44. The van der Waals surface area contributed by atoms with E-state index >= 15 is 0 Å². The first-order valence-corrected chi connectivity index (χ1v) is 15.1. The van der Waals surface area contributed by atoms with E-state index in [2.05, 4.69) is 30.5 Å². The molecule has 2 aliphatic rings. The number of nitrogens with zero attached hydrogens (tertiary/aromatic N) is 7. The lowest BCUT2D eigenvalue weighted by Crippen LogP contribution is -2.48. The maximum Gasteiger partial charge on any atom is 0.416 e.